The fourth-order valence-corrected chi connectivity index (χ4v) is 1.28. The van der Waals surface area contributed by atoms with Gasteiger partial charge in [-0.2, -0.15) is 0 Å². The van der Waals surface area contributed by atoms with Gasteiger partial charge >= 0.3 is 0 Å². The average molecular weight is 212 g/mol. The SMILES string of the molecule is CCCCCCCCCCN.Cl.O. The van der Waals surface area contributed by atoms with Gasteiger partial charge in [0.25, 0.3) is 0 Å². The van der Waals surface area contributed by atoms with E-state index in [9.17, 15) is 0 Å². The molecule has 13 heavy (non-hydrogen) atoms. The first-order valence-corrected chi connectivity index (χ1v) is 5.12. The van der Waals surface area contributed by atoms with Crippen molar-refractivity contribution in [3.05, 3.63) is 0 Å². The minimum Gasteiger partial charge on any atom is -0.412 e. The summed E-state index contributed by atoms with van der Waals surface area (Å²) in [5.41, 5.74) is 5.39. The number of hydrogen-bond acceptors (Lipinski definition) is 1. The Hall–Kier alpha value is 0.210. The third-order valence-corrected chi connectivity index (χ3v) is 2.06. The van der Waals surface area contributed by atoms with Gasteiger partial charge in [-0.3, -0.25) is 0 Å². The van der Waals surface area contributed by atoms with E-state index in [1.165, 1.54) is 51.4 Å². The zero-order valence-electron chi connectivity index (χ0n) is 8.85. The lowest BCUT2D eigenvalue weighted by Crippen LogP contribution is -1.97. The van der Waals surface area contributed by atoms with E-state index in [0.29, 0.717) is 0 Å². The van der Waals surface area contributed by atoms with E-state index in [1.54, 1.807) is 0 Å². The van der Waals surface area contributed by atoms with Crippen molar-refractivity contribution in [2.45, 2.75) is 58.3 Å². The molecular formula is C10H26ClNO. The second kappa shape index (κ2) is 18.1. The molecule has 0 aliphatic rings. The van der Waals surface area contributed by atoms with Crippen LogP contribution < -0.4 is 5.73 Å². The van der Waals surface area contributed by atoms with Crippen LogP contribution in [0.1, 0.15) is 58.3 Å². The van der Waals surface area contributed by atoms with Crippen molar-refractivity contribution >= 4 is 12.4 Å². The average Bonchev–Trinajstić information content (AvgIpc) is 2.03. The van der Waals surface area contributed by atoms with Crippen molar-refractivity contribution in [2.24, 2.45) is 5.73 Å². The van der Waals surface area contributed by atoms with Crippen molar-refractivity contribution in [2.75, 3.05) is 6.54 Å². The first kappa shape index (κ1) is 18.9. The molecule has 4 N–H and O–H groups in total. The highest BCUT2D eigenvalue weighted by Crippen LogP contribution is 2.07. The molecule has 3 heteroatoms. The second-order valence-corrected chi connectivity index (χ2v) is 3.26. The van der Waals surface area contributed by atoms with Crippen LogP contribution in [-0.4, -0.2) is 12.0 Å². The van der Waals surface area contributed by atoms with Crippen LogP contribution in [0.2, 0.25) is 0 Å². The van der Waals surface area contributed by atoms with Gasteiger partial charge < -0.3 is 11.2 Å². The predicted molar refractivity (Wildman–Crippen MR) is 62.5 cm³/mol. The Morgan fingerprint density at radius 2 is 1.15 bits per heavy atom. The van der Waals surface area contributed by atoms with E-state index < -0.39 is 0 Å². The zero-order valence-corrected chi connectivity index (χ0v) is 9.67. The van der Waals surface area contributed by atoms with Crippen LogP contribution in [0, 0.1) is 0 Å². The van der Waals surface area contributed by atoms with E-state index in [-0.39, 0.29) is 17.9 Å². The summed E-state index contributed by atoms with van der Waals surface area (Å²) in [4.78, 5) is 0. The summed E-state index contributed by atoms with van der Waals surface area (Å²) in [5, 5.41) is 0. The van der Waals surface area contributed by atoms with Gasteiger partial charge in [-0.1, -0.05) is 51.9 Å². The molecule has 0 aromatic rings. The van der Waals surface area contributed by atoms with Crippen LogP contribution >= 0.6 is 12.4 Å². The van der Waals surface area contributed by atoms with Crippen LogP contribution in [0.3, 0.4) is 0 Å². The highest BCUT2D eigenvalue weighted by Gasteiger charge is 1.89. The van der Waals surface area contributed by atoms with Crippen LogP contribution in [0.25, 0.3) is 0 Å². The van der Waals surface area contributed by atoms with E-state index >= 15 is 0 Å². The number of rotatable bonds is 8. The Morgan fingerprint density at radius 3 is 1.54 bits per heavy atom. The van der Waals surface area contributed by atoms with Crippen molar-refractivity contribution in [1.29, 1.82) is 0 Å². The highest BCUT2D eigenvalue weighted by molar-refractivity contribution is 5.85. The molecule has 0 aromatic heterocycles. The third kappa shape index (κ3) is 18.9. The van der Waals surface area contributed by atoms with E-state index in [1.807, 2.05) is 0 Å². The Balaban J connectivity index is -0.000000500. The number of unbranched alkanes of at least 4 members (excludes halogenated alkanes) is 7. The van der Waals surface area contributed by atoms with Crippen molar-refractivity contribution in [3.8, 4) is 0 Å². The van der Waals surface area contributed by atoms with Crippen LogP contribution in [-0.2, 0) is 0 Å². The fraction of sp³-hybridized carbons (Fsp3) is 1.00. The highest BCUT2D eigenvalue weighted by atomic mass is 35.5. The summed E-state index contributed by atoms with van der Waals surface area (Å²) in [6.07, 6.45) is 11.0. The lowest BCUT2D eigenvalue weighted by Gasteiger charge is -1.99. The summed E-state index contributed by atoms with van der Waals surface area (Å²) in [5.74, 6) is 0. The molecule has 0 aliphatic carbocycles. The maximum absolute atomic E-state index is 5.39. The Morgan fingerprint density at radius 1 is 0.769 bits per heavy atom. The first-order valence-electron chi connectivity index (χ1n) is 5.12. The van der Waals surface area contributed by atoms with Gasteiger partial charge in [0.2, 0.25) is 0 Å². The molecule has 0 radical (unpaired) electrons. The molecule has 0 bridgehead atoms. The van der Waals surface area contributed by atoms with Crippen LogP contribution in [0.15, 0.2) is 0 Å². The standard InChI is InChI=1S/C10H23N.ClH.H2O/c1-2-3-4-5-6-7-8-9-10-11;;/h2-11H2,1H3;1H;1H2. The van der Waals surface area contributed by atoms with E-state index in [0.717, 1.165) is 6.54 Å². The molecule has 0 aromatic carbocycles. The van der Waals surface area contributed by atoms with Gasteiger partial charge in [-0.25, -0.2) is 0 Å². The van der Waals surface area contributed by atoms with Gasteiger partial charge in [-0.05, 0) is 13.0 Å². The first-order chi connectivity index (χ1) is 5.41. The number of hydrogen-bond donors (Lipinski definition) is 1. The molecule has 0 rings (SSSR count). The predicted octanol–water partition coefficient (Wildman–Crippen LogP) is 2.68. The normalized spacial score (nSPS) is 8.77. The van der Waals surface area contributed by atoms with E-state index in [4.69, 9.17) is 5.73 Å². The van der Waals surface area contributed by atoms with Gasteiger partial charge in [0.1, 0.15) is 0 Å². The topological polar surface area (TPSA) is 57.5 Å². The molecular weight excluding hydrogens is 186 g/mol. The van der Waals surface area contributed by atoms with Crippen LogP contribution in [0.4, 0.5) is 0 Å². The molecule has 0 amide bonds. The second-order valence-electron chi connectivity index (χ2n) is 3.26. The Labute approximate surface area is 89.0 Å². The van der Waals surface area contributed by atoms with Gasteiger partial charge in [0, 0.05) is 0 Å². The van der Waals surface area contributed by atoms with E-state index in [2.05, 4.69) is 6.92 Å². The summed E-state index contributed by atoms with van der Waals surface area (Å²) in [6.45, 7) is 3.13. The summed E-state index contributed by atoms with van der Waals surface area (Å²) in [7, 11) is 0. The number of nitrogens with two attached hydrogens (primary N) is 1. The number of halogens is 1. The van der Waals surface area contributed by atoms with Gasteiger partial charge in [0.05, 0.1) is 0 Å². The Kier molecular flexibility index (Phi) is 26.3. The largest absolute Gasteiger partial charge is 0.412 e. The summed E-state index contributed by atoms with van der Waals surface area (Å²) >= 11 is 0. The smallest absolute Gasteiger partial charge is 0.00773 e. The quantitative estimate of drug-likeness (QED) is 0.617. The van der Waals surface area contributed by atoms with Gasteiger partial charge in [-0.15, -0.1) is 12.4 Å². The molecule has 0 saturated heterocycles. The third-order valence-electron chi connectivity index (χ3n) is 2.06. The van der Waals surface area contributed by atoms with Crippen molar-refractivity contribution < 1.29 is 5.48 Å². The monoisotopic (exact) mass is 211 g/mol. The minimum atomic E-state index is 0. The molecule has 84 valence electrons. The van der Waals surface area contributed by atoms with Crippen LogP contribution in [0.5, 0.6) is 0 Å². The molecule has 0 heterocycles. The summed E-state index contributed by atoms with van der Waals surface area (Å²) < 4.78 is 0. The summed E-state index contributed by atoms with van der Waals surface area (Å²) in [6, 6.07) is 0. The lowest BCUT2D eigenvalue weighted by molar-refractivity contribution is 0.578. The molecule has 0 spiro atoms. The van der Waals surface area contributed by atoms with Crippen molar-refractivity contribution in [1.82, 2.24) is 0 Å². The minimum absolute atomic E-state index is 0. The fourth-order valence-electron chi connectivity index (χ4n) is 1.28. The molecule has 0 fully saturated rings. The molecule has 0 aliphatic heterocycles. The molecule has 2 nitrogen and oxygen atoms in total. The molecule has 0 unspecified atom stereocenters. The molecule has 0 atom stereocenters. The van der Waals surface area contributed by atoms with Crippen molar-refractivity contribution in [3.63, 3.8) is 0 Å². The maximum Gasteiger partial charge on any atom is -0.00773 e. The maximum atomic E-state index is 5.39. The van der Waals surface area contributed by atoms with Gasteiger partial charge in [0.15, 0.2) is 0 Å². The Bertz CT molecular complexity index is 63.9. The lowest BCUT2D eigenvalue weighted by atomic mass is 10.1. The molecule has 0 saturated carbocycles. The zero-order chi connectivity index (χ0) is 8.36.